The summed E-state index contributed by atoms with van der Waals surface area (Å²) >= 11 is 1.56. The number of hydrogen-bond donors (Lipinski definition) is 0. The smallest absolute Gasteiger partial charge is 0.227 e. The minimum absolute atomic E-state index is 0.135. The van der Waals surface area contributed by atoms with Gasteiger partial charge in [-0.15, -0.1) is 0 Å². The zero-order valence-electron chi connectivity index (χ0n) is 12.7. The van der Waals surface area contributed by atoms with Crippen molar-refractivity contribution in [1.82, 2.24) is 14.9 Å². The molecule has 6 heteroatoms. The van der Waals surface area contributed by atoms with Crippen molar-refractivity contribution in [3.63, 3.8) is 0 Å². The molecule has 1 unspecified atom stereocenters. The molecule has 2 aliphatic heterocycles. The molecule has 1 aromatic rings. The monoisotopic (exact) mass is 306 g/mol. The van der Waals surface area contributed by atoms with Crippen LogP contribution in [-0.2, 0) is 4.79 Å². The molecule has 114 valence electrons. The molecule has 1 atom stereocenters. The van der Waals surface area contributed by atoms with E-state index in [1.807, 2.05) is 24.1 Å². The Kier molecular flexibility index (Phi) is 4.33. The molecule has 0 aromatic carbocycles. The van der Waals surface area contributed by atoms with Crippen LogP contribution in [0.4, 0.5) is 5.82 Å². The van der Waals surface area contributed by atoms with Crippen LogP contribution < -0.4 is 4.90 Å². The highest BCUT2D eigenvalue weighted by Crippen LogP contribution is 2.26. The summed E-state index contributed by atoms with van der Waals surface area (Å²) in [7, 11) is 0. The molecule has 0 N–H and O–H groups in total. The molecule has 0 bridgehead atoms. The normalized spacial score (nSPS) is 22.1. The number of carbonyl (C=O) groups excluding carboxylic acids is 1. The zero-order chi connectivity index (χ0) is 14.8. The van der Waals surface area contributed by atoms with Gasteiger partial charge in [0.05, 0.1) is 5.92 Å². The van der Waals surface area contributed by atoms with Crippen LogP contribution in [0.1, 0.15) is 25.0 Å². The lowest BCUT2D eigenvalue weighted by molar-refractivity contribution is -0.133. The summed E-state index contributed by atoms with van der Waals surface area (Å²) in [4.78, 5) is 25.7. The summed E-state index contributed by atoms with van der Waals surface area (Å²) in [5, 5.41) is 0.805. The topological polar surface area (TPSA) is 49.3 Å². The first-order valence-electron chi connectivity index (χ1n) is 7.61. The Hall–Kier alpha value is -1.30. The molecule has 1 amide bonds. The quantitative estimate of drug-likeness (QED) is 0.631. The maximum Gasteiger partial charge on any atom is 0.227 e. The van der Waals surface area contributed by atoms with E-state index in [4.69, 9.17) is 0 Å². The molecular formula is C15H22N4OS. The molecule has 2 fully saturated rings. The SMILES string of the molecule is CSc1nc(C)cc(N2CCC(C(=O)N3CCCC3)C2)n1. The van der Waals surface area contributed by atoms with Gasteiger partial charge in [-0.05, 0) is 32.4 Å². The number of nitrogens with zero attached hydrogens (tertiary/aromatic N) is 4. The van der Waals surface area contributed by atoms with E-state index in [1.54, 1.807) is 11.8 Å². The second kappa shape index (κ2) is 6.22. The number of hydrogen-bond acceptors (Lipinski definition) is 5. The fourth-order valence-corrected chi connectivity index (χ4v) is 3.56. The fourth-order valence-electron chi connectivity index (χ4n) is 3.14. The lowest BCUT2D eigenvalue weighted by Crippen LogP contribution is -2.35. The van der Waals surface area contributed by atoms with Gasteiger partial charge in [0.15, 0.2) is 5.16 Å². The van der Waals surface area contributed by atoms with Crippen LogP contribution >= 0.6 is 11.8 Å². The van der Waals surface area contributed by atoms with E-state index >= 15 is 0 Å². The first kappa shape index (κ1) is 14.6. The largest absolute Gasteiger partial charge is 0.356 e. The van der Waals surface area contributed by atoms with Crippen molar-refractivity contribution in [2.24, 2.45) is 5.92 Å². The fraction of sp³-hybridized carbons (Fsp3) is 0.667. The van der Waals surface area contributed by atoms with E-state index in [2.05, 4.69) is 14.9 Å². The number of aryl methyl sites for hydroxylation is 1. The molecule has 0 radical (unpaired) electrons. The molecule has 1 aromatic heterocycles. The second-order valence-electron chi connectivity index (χ2n) is 5.82. The highest BCUT2D eigenvalue weighted by molar-refractivity contribution is 7.98. The summed E-state index contributed by atoms with van der Waals surface area (Å²) in [6.45, 7) is 5.58. The van der Waals surface area contributed by atoms with Gasteiger partial charge in [-0.25, -0.2) is 9.97 Å². The third-order valence-corrected chi connectivity index (χ3v) is 4.83. The summed E-state index contributed by atoms with van der Waals surface area (Å²) in [6.07, 6.45) is 5.24. The maximum absolute atomic E-state index is 12.5. The zero-order valence-corrected chi connectivity index (χ0v) is 13.5. The maximum atomic E-state index is 12.5. The van der Waals surface area contributed by atoms with Crippen molar-refractivity contribution in [2.45, 2.75) is 31.3 Å². The number of likely N-dealkylation sites (tertiary alicyclic amines) is 1. The van der Waals surface area contributed by atoms with Gasteiger partial charge >= 0.3 is 0 Å². The van der Waals surface area contributed by atoms with Crippen LogP contribution in [-0.4, -0.2) is 53.2 Å². The van der Waals surface area contributed by atoms with Crippen LogP contribution in [0.5, 0.6) is 0 Å². The van der Waals surface area contributed by atoms with E-state index in [9.17, 15) is 4.79 Å². The molecule has 21 heavy (non-hydrogen) atoms. The summed E-state index contributed by atoms with van der Waals surface area (Å²) < 4.78 is 0. The number of rotatable bonds is 3. The molecule has 0 spiro atoms. The van der Waals surface area contributed by atoms with Gasteiger partial charge in [0.25, 0.3) is 0 Å². The molecule has 3 rings (SSSR count). The van der Waals surface area contributed by atoms with Gasteiger partial charge in [-0.2, -0.15) is 0 Å². The standard InChI is InChI=1S/C15H22N4OS/c1-11-9-13(17-15(16-11)21-2)19-8-5-12(10-19)14(20)18-6-3-4-7-18/h9,12H,3-8,10H2,1-2H3. The van der Waals surface area contributed by atoms with E-state index in [1.165, 1.54) is 0 Å². The molecule has 0 aliphatic carbocycles. The number of amides is 1. The van der Waals surface area contributed by atoms with Crippen molar-refractivity contribution in [3.05, 3.63) is 11.8 Å². The second-order valence-corrected chi connectivity index (χ2v) is 6.59. The lowest BCUT2D eigenvalue weighted by Gasteiger charge is -2.21. The Labute approximate surface area is 130 Å². The van der Waals surface area contributed by atoms with E-state index in [-0.39, 0.29) is 5.92 Å². The van der Waals surface area contributed by atoms with Gasteiger partial charge < -0.3 is 9.80 Å². The third kappa shape index (κ3) is 3.15. The van der Waals surface area contributed by atoms with E-state index < -0.39 is 0 Å². The third-order valence-electron chi connectivity index (χ3n) is 4.28. The number of anilines is 1. The highest BCUT2D eigenvalue weighted by Gasteiger charge is 2.33. The van der Waals surface area contributed by atoms with E-state index in [0.29, 0.717) is 5.91 Å². The Morgan fingerprint density at radius 3 is 2.76 bits per heavy atom. The first-order valence-corrected chi connectivity index (χ1v) is 8.83. The molecular weight excluding hydrogens is 284 g/mol. The van der Waals surface area contributed by atoms with Gasteiger partial charge in [-0.1, -0.05) is 11.8 Å². The lowest BCUT2D eigenvalue weighted by atomic mass is 10.1. The van der Waals surface area contributed by atoms with Crippen molar-refractivity contribution >= 4 is 23.5 Å². The summed E-state index contributed by atoms with van der Waals surface area (Å²) in [6, 6.07) is 2.02. The summed E-state index contributed by atoms with van der Waals surface area (Å²) in [5.74, 6) is 1.44. The average Bonchev–Trinajstić information content (AvgIpc) is 3.17. The predicted molar refractivity (Wildman–Crippen MR) is 84.7 cm³/mol. The van der Waals surface area contributed by atoms with Crippen LogP contribution in [0.15, 0.2) is 11.2 Å². The molecule has 2 aliphatic rings. The van der Waals surface area contributed by atoms with E-state index in [0.717, 1.165) is 62.1 Å². The van der Waals surface area contributed by atoms with Crippen LogP contribution in [0, 0.1) is 12.8 Å². The Morgan fingerprint density at radius 2 is 2.05 bits per heavy atom. The van der Waals surface area contributed by atoms with Crippen molar-refractivity contribution in [2.75, 3.05) is 37.3 Å². The van der Waals surface area contributed by atoms with Gasteiger partial charge in [0.1, 0.15) is 5.82 Å². The van der Waals surface area contributed by atoms with Crippen molar-refractivity contribution in [1.29, 1.82) is 0 Å². The molecule has 3 heterocycles. The first-order chi connectivity index (χ1) is 10.2. The molecule has 2 saturated heterocycles. The minimum atomic E-state index is 0.135. The van der Waals surface area contributed by atoms with Gasteiger partial charge in [-0.3, -0.25) is 4.79 Å². The molecule has 5 nitrogen and oxygen atoms in total. The number of aromatic nitrogens is 2. The predicted octanol–water partition coefficient (Wildman–Crippen LogP) is 1.96. The van der Waals surface area contributed by atoms with Gasteiger partial charge in [0, 0.05) is 37.9 Å². The summed E-state index contributed by atoms with van der Waals surface area (Å²) in [5.41, 5.74) is 0.985. The van der Waals surface area contributed by atoms with Gasteiger partial charge in [0.2, 0.25) is 5.91 Å². The average molecular weight is 306 g/mol. The number of carbonyl (C=O) groups is 1. The Morgan fingerprint density at radius 1 is 1.29 bits per heavy atom. The molecule has 0 saturated carbocycles. The van der Waals surface area contributed by atoms with Crippen LogP contribution in [0.2, 0.25) is 0 Å². The highest BCUT2D eigenvalue weighted by atomic mass is 32.2. The van der Waals surface area contributed by atoms with Crippen LogP contribution in [0.25, 0.3) is 0 Å². The Bertz CT molecular complexity index is 530. The van der Waals surface area contributed by atoms with Crippen molar-refractivity contribution < 1.29 is 4.79 Å². The number of thioether (sulfide) groups is 1. The van der Waals surface area contributed by atoms with Crippen molar-refractivity contribution in [3.8, 4) is 0 Å². The minimum Gasteiger partial charge on any atom is -0.356 e. The Balaban J connectivity index is 1.69. The van der Waals surface area contributed by atoms with Crippen LogP contribution in [0.3, 0.4) is 0 Å².